The molecule has 0 aromatic rings. The van der Waals surface area contributed by atoms with Crippen LogP contribution in [0.5, 0.6) is 0 Å². The first kappa shape index (κ1) is 26.9. The van der Waals surface area contributed by atoms with Gasteiger partial charge in [-0.15, -0.1) is 0 Å². The van der Waals surface area contributed by atoms with Gasteiger partial charge in [-0.1, -0.05) is 27.7 Å². The second-order valence-electron chi connectivity index (χ2n) is 7.78. The van der Waals surface area contributed by atoms with Crippen LogP contribution in [0.15, 0.2) is 0 Å². The maximum Gasteiger partial charge on any atom is 0.163 e. The molecule has 9 heteroatoms. The quantitative estimate of drug-likeness (QED) is 0.502. The van der Waals surface area contributed by atoms with Gasteiger partial charge in [0.15, 0.2) is 18.9 Å². The highest BCUT2D eigenvalue weighted by Crippen LogP contribution is 2.32. The van der Waals surface area contributed by atoms with Crippen LogP contribution < -0.4 is 0 Å². The minimum Gasteiger partial charge on any atom is -0.390 e. The molecule has 6 rings (SSSR count). The highest BCUT2D eigenvalue weighted by Gasteiger charge is 2.42. The first-order chi connectivity index (χ1) is 15.1. The van der Waals surface area contributed by atoms with E-state index in [4.69, 9.17) is 28.4 Å². The first-order valence-electron chi connectivity index (χ1n) is 11.9. The summed E-state index contributed by atoms with van der Waals surface area (Å²) in [5, 5.41) is 27.6. The Morgan fingerprint density at radius 2 is 0.710 bits per heavy atom. The highest BCUT2D eigenvalue weighted by molar-refractivity contribution is 4.83. The normalized spacial score (nSPS) is 43.6. The van der Waals surface area contributed by atoms with E-state index < -0.39 is 0 Å². The van der Waals surface area contributed by atoms with E-state index >= 15 is 0 Å². The SMILES string of the molecule is CC.CC.OC1COC2OCC[C@@H]12.OC1CO[C@H]2OCC[C@@H]12.OC1CO[C@H]2OCC[C@@H]12. The summed E-state index contributed by atoms with van der Waals surface area (Å²) in [5.74, 6) is 0.764. The lowest BCUT2D eigenvalue weighted by molar-refractivity contribution is -0.0909. The number of hydrogen-bond acceptors (Lipinski definition) is 9. The van der Waals surface area contributed by atoms with Crippen LogP contribution in [0.3, 0.4) is 0 Å². The fourth-order valence-electron chi connectivity index (χ4n) is 4.33. The van der Waals surface area contributed by atoms with Gasteiger partial charge in [-0.3, -0.25) is 0 Å². The number of hydrogen-bond donors (Lipinski definition) is 3. The smallest absolute Gasteiger partial charge is 0.163 e. The summed E-state index contributed by atoms with van der Waals surface area (Å²) >= 11 is 0. The predicted molar refractivity (Wildman–Crippen MR) is 112 cm³/mol. The second-order valence-corrected chi connectivity index (χ2v) is 7.78. The van der Waals surface area contributed by atoms with Crippen molar-refractivity contribution in [2.45, 2.75) is 84.1 Å². The van der Waals surface area contributed by atoms with Gasteiger partial charge < -0.3 is 43.7 Å². The molecule has 6 saturated heterocycles. The van der Waals surface area contributed by atoms with Crippen LogP contribution in [0.4, 0.5) is 0 Å². The lowest BCUT2D eigenvalue weighted by Gasteiger charge is -2.06. The van der Waals surface area contributed by atoms with Crippen LogP contribution in [-0.2, 0) is 28.4 Å². The van der Waals surface area contributed by atoms with Gasteiger partial charge in [0.2, 0.25) is 0 Å². The van der Waals surface area contributed by atoms with Gasteiger partial charge in [-0.25, -0.2) is 0 Å². The largest absolute Gasteiger partial charge is 0.390 e. The van der Waals surface area contributed by atoms with Gasteiger partial charge in [0.1, 0.15) is 0 Å². The third kappa shape index (κ3) is 7.06. The van der Waals surface area contributed by atoms with Gasteiger partial charge in [0, 0.05) is 17.8 Å². The molecule has 9 atom stereocenters. The van der Waals surface area contributed by atoms with Crippen LogP contribution in [0, 0.1) is 17.8 Å². The molecular weight excluding hydrogens is 408 g/mol. The Kier molecular flexibility index (Phi) is 12.2. The van der Waals surface area contributed by atoms with Gasteiger partial charge in [0.05, 0.1) is 58.0 Å². The van der Waals surface area contributed by atoms with Crippen LogP contribution in [0.1, 0.15) is 47.0 Å². The van der Waals surface area contributed by atoms with Crippen LogP contribution >= 0.6 is 0 Å². The molecule has 6 aliphatic rings. The monoisotopic (exact) mass is 450 g/mol. The molecule has 0 amide bonds. The van der Waals surface area contributed by atoms with Crippen molar-refractivity contribution in [1.82, 2.24) is 0 Å². The fraction of sp³-hybridized carbons (Fsp3) is 1.00. The van der Waals surface area contributed by atoms with Crippen LogP contribution in [0.2, 0.25) is 0 Å². The molecular formula is C22H42O9. The van der Waals surface area contributed by atoms with Crippen LogP contribution in [-0.4, -0.2) is 92.1 Å². The molecule has 6 fully saturated rings. The molecule has 6 heterocycles. The molecule has 0 aliphatic carbocycles. The molecule has 31 heavy (non-hydrogen) atoms. The molecule has 9 nitrogen and oxygen atoms in total. The minimum atomic E-state index is -0.280. The van der Waals surface area contributed by atoms with Crippen molar-refractivity contribution in [1.29, 1.82) is 0 Å². The van der Waals surface area contributed by atoms with E-state index in [9.17, 15) is 15.3 Å². The number of aliphatic hydroxyl groups is 3. The van der Waals surface area contributed by atoms with Crippen molar-refractivity contribution in [3.8, 4) is 0 Å². The lowest BCUT2D eigenvalue weighted by Crippen LogP contribution is -2.18. The summed E-state index contributed by atoms with van der Waals surface area (Å²) in [4.78, 5) is 0. The zero-order valence-corrected chi connectivity index (χ0v) is 19.4. The number of fused-ring (bicyclic) bond motifs is 3. The number of rotatable bonds is 0. The van der Waals surface area contributed by atoms with Crippen molar-refractivity contribution in [3.63, 3.8) is 0 Å². The molecule has 0 spiro atoms. The van der Waals surface area contributed by atoms with E-state index in [-0.39, 0.29) is 54.9 Å². The Morgan fingerprint density at radius 1 is 0.452 bits per heavy atom. The summed E-state index contributed by atoms with van der Waals surface area (Å²) in [7, 11) is 0. The average molecular weight is 451 g/mol. The van der Waals surface area contributed by atoms with E-state index in [0.29, 0.717) is 19.8 Å². The molecule has 3 N–H and O–H groups in total. The standard InChI is InChI=1S/3C6H10O3.2C2H6/c3*7-5-3-9-6-4(5)1-2-8-6;2*1-2/h3*4-7H,1-3H2;2*1-2H3/t4-,5?,6?;2*4-,5?,6+;;/m000../s1. The Hall–Kier alpha value is -0.360. The maximum atomic E-state index is 9.19. The third-order valence-corrected chi connectivity index (χ3v) is 6.03. The molecule has 4 unspecified atom stereocenters. The predicted octanol–water partition coefficient (Wildman–Crippen LogP) is 1.27. The average Bonchev–Trinajstić information content (AvgIpc) is 3.60. The maximum absolute atomic E-state index is 9.19. The van der Waals surface area contributed by atoms with Crippen molar-refractivity contribution >= 4 is 0 Å². The Bertz CT molecular complexity index is 413. The van der Waals surface area contributed by atoms with Crippen molar-refractivity contribution in [2.24, 2.45) is 17.8 Å². The highest BCUT2D eigenvalue weighted by atomic mass is 16.7. The molecule has 0 aromatic carbocycles. The zero-order chi connectivity index (χ0) is 22.8. The van der Waals surface area contributed by atoms with Gasteiger partial charge in [-0.2, -0.15) is 0 Å². The molecule has 184 valence electrons. The Morgan fingerprint density at radius 3 is 0.935 bits per heavy atom. The number of aliphatic hydroxyl groups excluding tert-OH is 3. The summed E-state index contributed by atoms with van der Waals surface area (Å²) in [6.07, 6.45) is 1.72. The summed E-state index contributed by atoms with van der Waals surface area (Å²) in [5.41, 5.74) is 0. The molecule has 0 radical (unpaired) electrons. The van der Waals surface area contributed by atoms with Crippen molar-refractivity contribution in [3.05, 3.63) is 0 Å². The number of ether oxygens (including phenoxy) is 6. The van der Waals surface area contributed by atoms with Crippen molar-refractivity contribution < 1.29 is 43.7 Å². The van der Waals surface area contributed by atoms with Gasteiger partial charge in [0.25, 0.3) is 0 Å². The summed E-state index contributed by atoms with van der Waals surface area (Å²) in [6.45, 7) is 11.6. The van der Waals surface area contributed by atoms with E-state index in [1.165, 1.54) is 0 Å². The molecule has 0 aromatic heterocycles. The molecule has 6 aliphatic heterocycles. The zero-order valence-electron chi connectivity index (χ0n) is 19.4. The van der Waals surface area contributed by atoms with E-state index in [0.717, 1.165) is 39.1 Å². The van der Waals surface area contributed by atoms with E-state index in [1.807, 2.05) is 27.7 Å². The van der Waals surface area contributed by atoms with Gasteiger partial charge >= 0.3 is 0 Å². The second kappa shape index (κ2) is 14.0. The minimum absolute atomic E-state index is 0.0972. The van der Waals surface area contributed by atoms with E-state index in [2.05, 4.69) is 0 Å². The molecule has 0 bridgehead atoms. The Labute approximate surface area is 185 Å². The lowest BCUT2D eigenvalue weighted by atomic mass is 10.0. The summed E-state index contributed by atoms with van der Waals surface area (Å²) in [6, 6.07) is 0. The van der Waals surface area contributed by atoms with E-state index in [1.54, 1.807) is 0 Å². The van der Waals surface area contributed by atoms with Crippen molar-refractivity contribution in [2.75, 3.05) is 39.6 Å². The third-order valence-electron chi connectivity index (χ3n) is 6.03. The first-order valence-corrected chi connectivity index (χ1v) is 11.9. The Balaban J connectivity index is 0.000000153. The fourth-order valence-corrected chi connectivity index (χ4v) is 4.33. The van der Waals surface area contributed by atoms with Gasteiger partial charge in [-0.05, 0) is 19.3 Å². The molecule has 0 saturated carbocycles. The topological polar surface area (TPSA) is 116 Å². The summed E-state index contributed by atoms with van der Waals surface area (Å²) < 4.78 is 30.8. The van der Waals surface area contributed by atoms with Crippen LogP contribution in [0.25, 0.3) is 0 Å².